The average molecular weight is 463 g/mol. The van der Waals surface area contributed by atoms with Gasteiger partial charge < -0.3 is 9.64 Å². The lowest BCUT2D eigenvalue weighted by Crippen LogP contribution is -2.31. The van der Waals surface area contributed by atoms with E-state index < -0.39 is 15.8 Å². The monoisotopic (exact) mass is 462 g/mol. The molecule has 0 heterocycles. The van der Waals surface area contributed by atoms with Crippen LogP contribution in [-0.4, -0.2) is 39.4 Å². The van der Waals surface area contributed by atoms with Gasteiger partial charge in [0.25, 0.3) is 15.9 Å². The molecular weight excluding hydrogens is 443 g/mol. The Kier molecular flexibility index (Phi) is 7.14. The van der Waals surface area contributed by atoms with Gasteiger partial charge in [0.05, 0.1) is 22.2 Å². The molecule has 1 amide bonds. The molecule has 0 radical (unpaired) electrons. The van der Waals surface area contributed by atoms with Crippen molar-refractivity contribution in [2.24, 2.45) is 0 Å². The van der Waals surface area contributed by atoms with E-state index in [-0.39, 0.29) is 27.1 Å². The van der Waals surface area contributed by atoms with Crippen LogP contribution in [0.25, 0.3) is 0 Å². The zero-order valence-corrected chi connectivity index (χ0v) is 18.2. The van der Waals surface area contributed by atoms with Gasteiger partial charge in [-0.25, -0.2) is 12.8 Å². The van der Waals surface area contributed by atoms with Crippen LogP contribution >= 0.6 is 11.6 Å². The zero-order valence-electron chi connectivity index (χ0n) is 16.6. The molecule has 0 saturated heterocycles. The molecule has 0 spiro atoms. The molecule has 31 heavy (non-hydrogen) atoms. The van der Waals surface area contributed by atoms with Gasteiger partial charge in [0.1, 0.15) is 18.2 Å². The third-order valence-corrected chi connectivity index (χ3v) is 6.08. The fourth-order valence-electron chi connectivity index (χ4n) is 2.69. The third-order valence-electron chi connectivity index (χ3n) is 4.37. The van der Waals surface area contributed by atoms with Gasteiger partial charge in [-0.15, -0.1) is 0 Å². The highest BCUT2D eigenvalue weighted by Crippen LogP contribution is 2.26. The maximum absolute atomic E-state index is 13.1. The van der Waals surface area contributed by atoms with E-state index in [1.165, 1.54) is 23.1 Å². The molecule has 0 aliphatic carbocycles. The molecule has 3 rings (SSSR count). The van der Waals surface area contributed by atoms with E-state index in [1.54, 1.807) is 7.05 Å². The van der Waals surface area contributed by atoms with Gasteiger partial charge >= 0.3 is 0 Å². The number of hydrogen-bond acceptors (Lipinski definition) is 4. The lowest BCUT2D eigenvalue weighted by Gasteiger charge is -2.18. The number of carbonyl (C=O) groups is 1. The molecule has 0 bridgehead atoms. The predicted octanol–water partition coefficient (Wildman–Crippen LogP) is 4.43. The lowest BCUT2D eigenvalue weighted by molar-refractivity contribution is 0.0774. The van der Waals surface area contributed by atoms with Crippen LogP contribution in [0, 0.1) is 5.82 Å². The summed E-state index contributed by atoms with van der Waals surface area (Å²) in [7, 11) is -2.39. The Morgan fingerprint density at radius 1 is 1.06 bits per heavy atom. The van der Waals surface area contributed by atoms with Gasteiger partial charge in [-0.2, -0.15) is 0 Å². The fourth-order valence-corrected chi connectivity index (χ4v) is 3.98. The number of hydrogen-bond donors (Lipinski definition) is 1. The second-order valence-corrected chi connectivity index (χ2v) is 8.73. The van der Waals surface area contributed by atoms with E-state index in [0.29, 0.717) is 18.9 Å². The molecule has 0 atom stereocenters. The number of nitrogens with one attached hydrogen (secondary N) is 1. The van der Waals surface area contributed by atoms with Gasteiger partial charge in [-0.05, 0) is 54.6 Å². The molecule has 3 aromatic rings. The maximum Gasteiger partial charge on any atom is 0.261 e. The standard InChI is InChI=1S/C22H20ClFN2O4S/c1-26(13-14-30-18-5-3-2-4-6-18)22(27)16-7-12-20(23)21(15-16)25-31(28,29)19-10-8-17(24)9-11-19/h2-12,15,25H,13-14H2,1H3. The highest BCUT2D eigenvalue weighted by molar-refractivity contribution is 7.92. The Morgan fingerprint density at radius 3 is 2.42 bits per heavy atom. The molecule has 0 unspecified atom stereocenters. The zero-order chi connectivity index (χ0) is 22.4. The van der Waals surface area contributed by atoms with Crippen molar-refractivity contribution in [3.63, 3.8) is 0 Å². The van der Waals surface area contributed by atoms with Crippen LogP contribution < -0.4 is 9.46 Å². The van der Waals surface area contributed by atoms with Crippen molar-refractivity contribution in [2.45, 2.75) is 4.90 Å². The van der Waals surface area contributed by atoms with Crippen molar-refractivity contribution >= 4 is 33.2 Å². The van der Waals surface area contributed by atoms with Crippen molar-refractivity contribution < 1.29 is 22.3 Å². The summed E-state index contributed by atoms with van der Waals surface area (Å²) in [6.45, 7) is 0.622. The largest absolute Gasteiger partial charge is 0.492 e. The molecule has 1 N–H and O–H groups in total. The number of nitrogens with zero attached hydrogens (tertiary/aromatic N) is 1. The number of benzene rings is 3. The Labute approximate surface area is 185 Å². The van der Waals surface area contributed by atoms with Crippen LogP contribution in [0.15, 0.2) is 77.7 Å². The summed E-state index contributed by atoms with van der Waals surface area (Å²) in [5.74, 6) is -0.174. The first kappa shape index (κ1) is 22.6. The van der Waals surface area contributed by atoms with Crippen molar-refractivity contribution in [3.05, 3.63) is 89.2 Å². The molecule has 0 aliphatic rings. The van der Waals surface area contributed by atoms with E-state index in [9.17, 15) is 17.6 Å². The summed E-state index contributed by atoms with van der Waals surface area (Å²) in [5.41, 5.74) is 0.300. The average Bonchev–Trinajstić information content (AvgIpc) is 2.75. The summed E-state index contributed by atoms with van der Waals surface area (Å²) in [5, 5.41) is 0.123. The molecule has 0 fully saturated rings. The summed E-state index contributed by atoms with van der Waals surface area (Å²) >= 11 is 6.12. The number of carbonyl (C=O) groups excluding carboxylic acids is 1. The number of anilines is 1. The highest BCUT2D eigenvalue weighted by atomic mass is 35.5. The van der Waals surface area contributed by atoms with Gasteiger partial charge in [0.15, 0.2) is 0 Å². The van der Waals surface area contributed by atoms with Crippen LogP contribution in [0.2, 0.25) is 5.02 Å². The molecule has 6 nitrogen and oxygen atoms in total. The minimum absolute atomic E-state index is 0.0470. The number of para-hydroxylation sites is 1. The highest BCUT2D eigenvalue weighted by Gasteiger charge is 2.19. The van der Waals surface area contributed by atoms with E-state index in [0.717, 1.165) is 24.3 Å². The molecule has 0 saturated carbocycles. The summed E-state index contributed by atoms with van der Waals surface area (Å²) in [6.07, 6.45) is 0. The Bertz CT molecular complexity index is 1160. The fraction of sp³-hybridized carbons (Fsp3) is 0.136. The second kappa shape index (κ2) is 9.80. The van der Waals surface area contributed by atoms with E-state index in [2.05, 4.69) is 4.72 Å². The topological polar surface area (TPSA) is 75.7 Å². The van der Waals surface area contributed by atoms with Crippen LogP contribution in [0.5, 0.6) is 5.75 Å². The van der Waals surface area contributed by atoms with Crippen molar-refractivity contribution in [1.82, 2.24) is 4.90 Å². The van der Waals surface area contributed by atoms with Crippen molar-refractivity contribution in [2.75, 3.05) is 24.9 Å². The number of ether oxygens (including phenoxy) is 1. The number of amides is 1. The number of likely N-dealkylation sites (N-methyl/N-ethyl adjacent to an activating group) is 1. The summed E-state index contributed by atoms with van der Waals surface area (Å²) in [4.78, 5) is 14.1. The first-order valence-corrected chi connectivity index (χ1v) is 11.1. The maximum atomic E-state index is 13.1. The van der Waals surface area contributed by atoms with Crippen molar-refractivity contribution in [3.8, 4) is 5.75 Å². The molecule has 0 aromatic heterocycles. The van der Waals surface area contributed by atoms with Crippen LogP contribution in [0.1, 0.15) is 10.4 Å². The van der Waals surface area contributed by atoms with Gasteiger partial charge in [-0.1, -0.05) is 29.8 Å². The van der Waals surface area contributed by atoms with Gasteiger partial charge in [-0.3, -0.25) is 9.52 Å². The molecule has 9 heteroatoms. The Morgan fingerprint density at radius 2 is 1.74 bits per heavy atom. The quantitative estimate of drug-likeness (QED) is 0.537. The van der Waals surface area contributed by atoms with E-state index >= 15 is 0 Å². The number of sulfonamides is 1. The Hall–Kier alpha value is -3.10. The van der Waals surface area contributed by atoms with Gasteiger partial charge in [0.2, 0.25) is 0 Å². The predicted molar refractivity (Wildman–Crippen MR) is 118 cm³/mol. The summed E-state index contributed by atoms with van der Waals surface area (Å²) in [6, 6.07) is 17.9. The first-order valence-electron chi connectivity index (χ1n) is 9.27. The van der Waals surface area contributed by atoms with Crippen LogP contribution in [0.4, 0.5) is 10.1 Å². The molecule has 0 aliphatic heterocycles. The van der Waals surface area contributed by atoms with Gasteiger partial charge in [0, 0.05) is 12.6 Å². The Balaban J connectivity index is 1.69. The van der Waals surface area contributed by atoms with Crippen LogP contribution in [0.3, 0.4) is 0 Å². The molecular formula is C22H20ClFN2O4S. The molecule has 3 aromatic carbocycles. The van der Waals surface area contributed by atoms with E-state index in [1.807, 2.05) is 30.3 Å². The minimum Gasteiger partial charge on any atom is -0.492 e. The lowest BCUT2D eigenvalue weighted by atomic mass is 10.2. The minimum atomic E-state index is -4.01. The third kappa shape index (κ3) is 5.96. The number of rotatable bonds is 8. The summed E-state index contributed by atoms with van der Waals surface area (Å²) < 4.78 is 46.1. The number of halogens is 2. The van der Waals surface area contributed by atoms with E-state index in [4.69, 9.17) is 16.3 Å². The second-order valence-electron chi connectivity index (χ2n) is 6.64. The van der Waals surface area contributed by atoms with Crippen molar-refractivity contribution in [1.29, 1.82) is 0 Å². The SMILES string of the molecule is CN(CCOc1ccccc1)C(=O)c1ccc(Cl)c(NS(=O)(=O)c2ccc(F)cc2)c1. The molecule has 162 valence electrons. The normalized spacial score (nSPS) is 11.1. The first-order chi connectivity index (χ1) is 14.8. The van der Waals surface area contributed by atoms with Crippen LogP contribution in [-0.2, 0) is 10.0 Å². The smallest absolute Gasteiger partial charge is 0.261 e.